The fraction of sp³-hybridized carbons (Fsp3) is 0.400. The molecule has 3 nitrogen and oxygen atoms in total. The van der Waals surface area contributed by atoms with E-state index in [-0.39, 0.29) is 6.35 Å². The van der Waals surface area contributed by atoms with Crippen LogP contribution in [0, 0.1) is 0 Å². The molecule has 0 N–H and O–H groups in total. The highest BCUT2D eigenvalue weighted by atomic mass is 79.9. The van der Waals surface area contributed by atoms with Gasteiger partial charge in [-0.15, -0.1) is 0 Å². The zero-order valence-corrected chi connectivity index (χ0v) is 11.3. The summed E-state index contributed by atoms with van der Waals surface area (Å²) in [4.78, 5) is 0. The number of halogens is 1. The van der Waals surface area contributed by atoms with Crippen molar-refractivity contribution < 1.29 is 13.8 Å². The molecule has 1 aromatic rings. The van der Waals surface area contributed by atoms with E-state index in [0.717, 1.165) is 4.47 Å². The maximum atomic E-state index is 12.4. The molecule has 5 heteroatoms. The van der Waals surface area contributed by atoms with Crippen molar-refractivity contribution in [2.45, 2.75) is 6.92 Å². The van der Waals surface area contributed by atoms with Gasteiger partial charge >= 0.3 is 0 Å². The van der Waals surface area contributed by atoms with Crippen LogP contribution in [0.15, 0.2) is 28.7 Å². The Labute approximate surface area is 98.4 Å². The van der Waals surface area contributed by atoms with E-state index >= 15 is 0 Å². The number of hydrogen-bond donors (Lipinski definition) is 0. The van der Waals surface area contributed by atoms with E-state index in [0.29, 0.717) is 11.9 Å². The maximum absolute atomic E-state index is 12.4. The lowest BCUT2D eigenvalue weighted by atomic mass is 10.4. The van der Waals surface area contributed by atoms with E-state index in [1.807, 2.05) is 19.1 Å². The van der Waals surface area contributed by atoms with Crippen molar-refractivity contribution in [3.8, 4) is 0 Å². The number of ether oxygens (including phenoxy) is 1. The van der Waals surface area contributed by atoms with Crippen LogP contribution in [0.3, 0.4) is 0 Å². The van der Waals surface area contributed by atoms with Gasteiger partial charge in [-0.25, -0.2) is 0 Å². The predicted octanol–water partition coefficient (Wildman–Crippen LogP) is 2.99. The molecule has 15 heavy (non-hydrogen) atoms. The van der Waals surface area contributed by atoms with Gasteiger partial charge in [0.25, 0.3) is 7.37 Å². The van der Waals surface area contributed by atoms with Gasteiger partial charge in [0.15, 0.2) is 0 Å². The van der Waals surface area contributed by atoms with Crippen LogP contribution < -0.4 is 5.30 Å². The molecule has 1 unspecified atom stereocenters. The Morgan fingerprint density at radius 2 is 1.93 bits per heavy atom. The maximum Gasteiger partial charge on any atom is 0.256 e. The summed E-state index contributed by atoms with van der Waals surface area (Å²) >= 11 is 3.33. The van der Waals surface area contributed by atoms with E-state index in [2.05, 4.69) is 15.9 Å². The Morgan fingerprint density at radius 3 is 2.40 bits per heavy atom. The second kappa shape index (κ2) is 5.80. The Hall–Kier alpha value is -0.150. The summed E-state index contributed by atoms with van der Waals surface area (Å²) < 4.78 is 23.6. The molecule has 0 radical (unpaired) electrons. The van der Waals surface area contributed by atoms with Gasteiger partial charge in [0.1, 0.15) is 6.35 Å². The molecule has 0 aliphatic heterocycles. The first-order chi connectivity index (χ1) is 7.12. The van der Waals surface area contributed by atoms with Crippen LogP contribution >= 0.6 is 23.3 Å². The average molecular weight is 293 g/mol. The molecule has 1 aromatic carbocycles. The topological polar surface area (TPSA) is 35.5 Å². The van der Waals surface area contributed by atoms with Crippen molar-refractivity contribution in [1.29, 1.82) is 0 Å². The second-order valence-corrected chi connectivity index (χ2v) is 6.28. The molecule has 0 aliphatic rings. The zero-order valence-electron chi connectivity index (χ0n) is 8.77. The molecule has 0 spiro atoms. The Morgan fingerprint density at radius 1 is 1.33 bits per heavy atom. The minimum atomic E-state index is -2.83. The standard InChI is InChI=1S/C10H14BrO3P/c1-3-14-15(12,8-13-2)10-6-4-9(11)5-7-10/h4-7H,3,8H2,1-2H3. The van der Waals surface area contributed by atoms with Gasteiger partial charge in [-0.1, -0.05) is 15.9 Å². The van der Waals surface area contributed by atoms with Gasteiger partial charge in [0.05, 0.1) is 6.61 Å². The SMILES string of the molecule is CCOP(=O)(COC)c1ccc(Br)cc1. The van der Waals surface area contributed by atoms with E-state index in [9.17, 15) is 4.57 Å². The van der Waals surface area contributed by atoms with Crippen LogP contribution in [-0.2, 0) is 13.8 Å². The quantitative estimate of drug-likeness (QED) is 0.783. The third kappa shape index (κ3) is 3.42. The normalized spacial score (nSPS) is 14.9. The third-order valence-electron chi connectivity index (χ3n) is 1.86. The zero-order chi connectivity index (χ0) is 11.3. The van der Waals surface area contributed by atoms with E-state index in [4.69, 9.17) is 9.26 Å². The van der Waals surface area contributed by atoms with Crippen molar-refractivity contribution >= 4 is 28.6 Å². The lowest BCUT2D eigenvalue weighted by molar-refractivity contribution is 0.226. The van der Waals surface area contributed by atoms with Gasteiger partial charge in [-0.3, -0.25) is 4.57 Å². The molecular formula is C10H14BrO3P. The molecule has 0 bridgehead atoms. The second-order valence-electron chi connectivity index (χ2n) is 2.99. The van der Waals surface area contributed by atoms with Crippen molar-refractivity contribution in [2.24, 2.45) is 0 Å². The molecule has 0 saturated heterocycles. The molecule has 0 heterocycles. The molecular weight excluding hydrogens is 279 g/mol. The minimum Gasteiger partial charge on any atom is -0.374 e. The summed E-state index contributed by atoms with van der Waals surface area (Å²) in [7, 11) is -1.32. The van der Waals surface area contributed by atoms with Crippen LogP contribution in [0.25, 0.3) is 0 Å². The van der Waals surface area contributed by atoms with Crippen LogP contribution in [0.2, 0.25) is 0 Å². The monoisotopic (exact) mass is 292 g/mol. The average Bonchev–Trinajstić information content (AvgIpc) is 2.19. The summed E-state index contributed by atoms with van der Waals surface area (Å²) in [6.45, 7) is 2.23. The van der Waals surface area contributed by atoms with Crippen LogP contribution in [0.1, 0.15) is 6.92 Å². The molecule has 1 atom stereocenters. The first-order valence-electron chi connectivity index (χ1n) is 4.61. The molecule has 0 amide bonds. The van der Waals surface area contributed by atoms with Gasteiger partial charge in [-0.2, -0.15) is 0 Å². The Bertz CT molecular complexity index is 340. The lowest BCUT2D eigenvalue weighted by Gasteiger charge is -2.17. The van der Waals surface area contributed by atoms with Gasteiger partial charge in [0.2, 0.25) is 0 Å². The summed E-state index contributed by atoms with van der Waals surface area (Å²) in [6, 6.07) is 7.27. The lowest BCUT2D eigenvalue weighted by Crippen LogP contribution is -2.11. The number of rotatable bonds is 5. The van der Waals surface area contributed by atoms with Crippen LogP contribution in [-0.4, -0.2) is 20.1 Å². The summed E-state index contributed by atoms with van der Waals surface area (Å²) in [6.07, 6.45) is 0.114. The fourth-order valence-electron chi connectivity index (χ4n) is 1.23. The highest BCUT2D eigenvalue weighted by Gasteiger charge is 2.25. The number of methoxy groups -OCH3 is 1. The highest BCUT2D eigenvalue weighted by molar-refractivity contribution is 9.10. The molecule has 1 rings (SSSR count). The Balaban J connectivity index is 2.98. The van der Waals surface area contributed by atoms with Gasteiger partial charge < -0.3 is 9.26 Å². The van der Waals surface area contributed by atoms with Crippen LogP contribution in [0.4, 0.5) is 0 Å². The molecule has 84 valence electrons. The van der Waals surface area contributed by atoms with Crippen LogP contribution in [0.5, 0.6) is 0 Å². The number of hydrogen-bond acceptors (Lipinski definition) is 3. The first kappa shape index (κ1) is 12.9. The number of benzene rings is 1. The van der Waals surface area contributed by atoms with Gasteiger partial charge in [0, 0.05) is 16.9 Å². The highest BCUT2D eigenvalue weighted by Crippen LogP contribution is 2.45. The summed E-state index contributed by atoms with van der Waals surface area (Å²) in [5.74, 6) is 0. The third-order valence-corrected chi connectivity index (χ3v) is 4.74. The molecule has 0 aromatic heterocycles. The largest absolute Gasteiger partial charge is 0.374 e. The first-order valence-corrected chi connectivity index (χ1v) is 7.21. The van der Waals surface area contributed by atoms with Crippen molar-refractivity contribution in [3.63, 3.8) is 0 Å². The Kier molecular flexibility index (Phi) is 5.00. The van der Waals surface area contributed by atoms with Crippen molar-refractivity contribution in [3.05, 3.63) is 28.7 Å². The fourth-order valence-corrected chi connectivity index (χ4v) is 3.23. The smallest absolute Gasteiger partial charge is 0.256 e. The van der Waals surface area contributed by atoms with Crippen molar-refractivity contribution in [2.75, 3.05) is 20.1 Å². The van der Waals surface area contributed by atoms with E-state index < -0.39 is 7.37 Å². The van der Waals surface area contributed by atoms with Crippen molar-refractivity contribution in [1.82, 2.24) is 0 Å². The van der Waals surface area contributed by atoms with E-state index in [1.54, 1.807) is 12.1 Å². The van der Waals surface area contributed by atoms with E-state index in [1.165, 1.54) is 7.11 Å². The summed E-state index contributed by atoms with van der Waals surface area (Å²) in [5.41, 5.74) is 0. The van der Waals surface area contributed by atoms with Gasteiger partial charge in [-0.05, 0) is 31.2 Å². The molecule has 0 fully saturated rings. The minimum absolute atomic E-state index is 0.114. The molecule has 0 aliphatic carbocycles. The molecule has 0 saturated carbocycles. The predicted molar refractivity (Wildman–Crippen MR) is 64.9 cm³/mol. The summed E-state index contributed by atoms with van der Waals surface area (Å²) in [5, 5.41) is 0.689.